The van der Waals surface area contributed by atoms with E-state index in [1.807, 2.05) is 20.8 Å². The lowest BCUT2D eigenvalue weighted by molar-refractivity contribution is -0.143. The first-order valence-corrected chi connectivity index (χ1v) is 12.7. The van der Waals surface area contributed by atoms with Crippen molar-refractivity contribution in [2.24, 2.45) is 0 Å². The van der Waals surface area contributed by atoms with Crippen LogP contribution in [0.5, 0.6) is 5.75 Å². The second kappa shape index (κ2) is 12.7. The fraction of sp³-hybridized carbons (Fsp3) is 0.556. The maximum atomic E-state index is 13.7. The molecule has 1 aliphatic heterocycles. The van der Waals surface area contributed by atoms with Crippen molar-refractivity contribution >= 4 is 23.5 Å². The normalized spacial score (nSPS) is 16.2. The minimum atomic E-state index is -0.894. The molecule has 10 heteroatoms. The number of ether oxygens (including phenoxy) is 2. The fourth-order valence-electron chi connectivity index (χ4n) is 4.10. The first kappa shape index (κ1) is 28.2. The largest absolute Gasteiger partial charge is 0.497 e. The summed E-state index contributed by atoms with van der Waals surface area (Å²) in [6.45, 7) is 8.47. The van der Waals surface area contributed by atoms with Crippen molar-refractivity contribution in [2.75, 3.05) is 25.6 Å². The summed E-state index contributed by atoms with van der Waals surface area (Å²) in [6, 6.07) is 7.82. The summed E-state index contributed by atoms with van der Waals surface area (Å²) in [7, 11) is 1.57. The van der Waals surface area contributed by atoms with Crippen LogP contribution in [-0.4, -0.2) is 59.7 Å². The van der Waals surface area contributed by atoms with E-state index in [4.69, 9.17) is 14.0 Å². The van der Waals surface area contributed by atoms with E-state index in [0.717, 1.165) is 19.3 Å². The van der Waals surface area contributed by atoms with Gasteiger partial charge in [0.1, 0.15) is 17.6 Å². The molecule has 1 aliphatic rings. The number of nitrogens with one attached hydrogen (secondary N) is 2. The minimum absolute atomic E-state index is 0.0653. The van der Waals surface area contributed by atoms with Gasteiger partial charge >= 0.3 is 0 Å². The van der Waals surface area contributed by atoms with E-state index >= 15 is 0 Å². The highest BCUT2D eigenvalue weighted by atomic mass is 16.5. The second-order valence-corrected chi connectivity index (χ2v) is 9.95. The predicted molar refractivity (Wildman–Crippen MR) is 138 cm³/mol. The van der Waals surface area contributed by atoms with Crippen molar-refractivity contribution in [3.05, 3.63) is 41.7 Å². The minimum Gasteiger partial charge on any atom is -0.497 e. The zero-order valence-electron chi connectivity index (χ0n) is 22.3. The molecule has 0 aliphatic carbocycles. The molecule has 1 aromatic carbocycles. The Morgan fingerprint density at radius 2 is 1.95 bits per heavy atom. The van der Waals surface area contributed by atoms with Crippen molar-refractivity contribution in [1.29, 1.82) is 0 Å². The van der Waals surface area contributed by atoms with Crippen LogP contribution in [0.2, 0.25) is 0 Å². The van der Waals surface area contributed by atoms with E-state index in [1.165, 1.54) is 0 Å². The number of aromatic nitrogens is 1. The molecule has 2 N–H and O–H groups in total. The number of carbonyl (C=O) groups excluding carboxylic acids is 3. The van der Waals surface area contributed by atoms with Crippen molar-refractivity contribution in [2.45, 2.75) is 77.5 Å². The quantitative estimate of drug-likeness (QED) is 0.442. The maximum absolute atomic E-state index is 13.7. The summed E-state index contributed by atoms with van der Waals surface area (Å²) >= 11 is 0. The van der Waals surface area contributed by atoms with E-state index in [-0.39, 0.29) is 43.2 Å². The van der Waals surface area contributed by atoms with Crippen LogP contribution in [0.25, 0.3) is 0 Å². The van der Waals surface area contributed by atoms with Crippen LogP contribution in [0.4, 0.5) is 5.82 Å². The number of hydrogen-bond acceptors (Lipinski definition) is 7. The number of benzene rings is 1. The summed E-state index contributed by atoms with van der Waals surface area (Å²) in [5.74, 6) is 0.545. The molecule has 2 aromatic rings. The summed E-state index contributed by atoms with van der Waals surface area (Å²) < 4.78 is 16.1. The van der Waals surface area contributed by atoms with E-state index in [9.17, 15) is 14.4 Å². The molecule has 2 heterocycles. The molecule has 3 rings (SSSR count). The van der Waals surface area contributed by atoms with Gasteiger partial charge in [-0.3, -0.25) is 14.4 Å². The summed E-state index contributed by atoms with van der Waals surface area (Å²) in [4.78, 5) is 41.4. The zero-order chi connectivity index (χ0) is 27.0. The van der Waals surface area contributed by atoms with Crippen LogP contribution in [0.1, 0.15) is 70.2 Å². The average molecular weight is 515 g/mol. The summed E-state index contributed by atoms with van der Waals surface area (Å²) in [6.07, 6.45) is 2.09. The lowest BCUT2D eigenvalue weighted by atomic mass is 9.98. The molecule has 0 radical (unpaired) electrons. The Balaban J connectivity index is 1.85. The number of hydrogen-bond donors (Lipinski definition) is 2. The lowest BCUT2D eigenvalue weighted by Crippen LogP contribution is -2.51. The highest BCUT2D eigenvalue weighted by Crippen LogP contribution is 2.28. The van der Waals surface area contributed by atoms with Gasteiger partial charge in [-0.25, -0.2) is 0 Å². The SMILES string of the molecule is CCC(C)(C)NC(=O)[C@@H](c1ccc(OC)cc1)N(C[C@@H]1CCCO1)C(=O)CCC(=O)Nc1cc(C)on1. The summed E-state index contributed by atoms with van der Waals surface area (Å²) in [5.41, 5.74) is 0.190. The number of rotatable bonds is 12. The van der Waals surface area contributed by atoms with Gasteiger partial charge in [-0.05, 0) is 57.7 Å². The van der Waals surface area contributed by atoms with Gasteiger partial charge in [0.15, 0.2) is 5.82 Å². The molecule has 0 bridgehead atoms. The molecule has 2 atom stereocenters. The van der Waals surface area contributed by atoms with Gasteiger partial charge in [0, 0.05) is 37.6 Å². The highest BCUT2D eigenvalue weighted by molar-refractivity contribution is 5.94. The van der Waals surface area contributed by atoms with Gasteiger partial charge in [0.2, 0.25) is 17.7 Å². The molecule has 0 unspecified atom stereocenters. The zero-order valence-corrected chi connectivity index (χ0v) is 22.3. The van der Waals surface area contributed by atoms with E-state index in [0.29, 0.717) is 29.5 Å². The van der Waals surface area contributed by atoms with Crippen molar-refractivity contribution in [3.8, 4) is 5.75 Å². The number of amides is 3. The molecule has 37 heavy (non-hydrogen) atoms. The smallest absolute Gasteiger partial charge is 0.247 e. The van der Waals surface area contributed by atoms with Crippen LogP contribution < -0.4 is 15.4 Å². The molecule has 0 saturated carbocycles. The van der Waals surface area contributed by atoms with Crippen LogP contribution in [0.3, 0.4) is 0 Å². The van der Waals surface area contributed by atoms with Crippen molar-refractivity contribution in [3.63, 3.8) is 0 Å². The van der Waals surface area contributed by atoms with Crippen LogP contribution in [-0.2, 0) is 19.1 Å². The van der Waals surface area contributed by atoms with E-state index < -0.39 is 11.6 Å². The van der Waals surface area contributed by atoms with Crippen molar-refractivity contribution in [1.82, 2.24) is 15.4 Å². The highest BCUT2D eigenvalue weighted by Gasteiger charge is 2.36. The Hall–Kier alpha value is -3.40. The third-order valence-corrected chi connectivity index (χ3v) is 6.54. The molecular weight excluding hydrogens is 476 g/mol. The number of methoxy groups -OCH3 is 1. The van der Waals surface area contributed by atoms with Gasteiger partial charge in [-0.2, -0.15) is 0 Å². The predicted octanol–water partition coefficient (Wildman–Crippen LogP) is 3.76. The molecule has 3 amide bonds. The van der Waals surface area contributed by atoms with Crippen LogP contribution >= 0.6 is 0 Å². The van der Waals surface area contributed by atoms with Crippen LogP contribution in [0.15, 0.2) is 34.9 Å². The average Bonchev–Trinajstić information content (AvgIpc) is 3.53. The number of aryl methyl sites for hydroxylation is 1. The fourth-order valence-corrected chi connectivity index (χ4v) is 4.10. The number of anilines is 1. The third kappa shape index (κ3) is 8.04. The van der Waals surface area contributed by atoms with Crippen molar-refractivity contribution < 1.29 is 28.4 Å². The molecule has 1 fully saturated rings. The van der Waals surface area contributed by atoms with Crippen LogP contribution in [0, 0.1) is 6.92 Å². The first-order valence-electron chi connectivity index (χ1n) is 12.7. The second-order valence-electron chi connectivity index (χ2n) is 9.95. The Morgan fingerprint density at radius 3 is 2.51 bits per heavy atom. The monoisotopic (exact) mass is 514 g/mol. The molecule has 202 valence electrons. The van der Waals surface area contributed by atoms with E-state index in [2.05, 4.69) is 15.8 Å². The lowest BCUT2D eigenvalue weighted by Gasteiger charge is -2.35. The topological polar surface area (TPSA) is 123 Å². The molecule has 10 nitrogen and oxygen atoms in total. The Kier molecular flexibility index (Phi) is 9.68. The first-order chi connectivity index (χ1) is 17.6. The number of nitrogens with zero attached hydrogens (tertiary/aromatic N) is 2. The molecule has 1 aromatic heterocycles. The standard InChI is InChI=1S/C27H38N4O6/c1-6-27(3,4)29-26(34)25(19-9-11-20(35-5)12-10-19)31(17-21-8-7-15-36-21)24(33)14-13-23(32)28-22-16-18(2)37-30-22/h9-12,16,21,25H,6-8,13-15,17H2,1-5H3,(H,29,34)(H,28,30,32)/t21-,25+/m0/s1. The Labute approximate surface area is 218 Å². The van der Waals surface area contributed by atoms with Gasteiger partial charge in [0.05, 0.1) is 13.2 Å². The van der Waals surface area contributed by atoms with Gasteiger partial charge in [0.25, 0.3) is 0 Å². The van der Waals surface area contributed by atoms with Gasteiger partial charge < -0.3 is 29.5 Å². The number of carbonyl (C=O) groups is 3. The molecular formula is C27H38N4O6. The van der Waals surface area contributed by atoms with Gasteiger partial charge in [-0.1, -0.05) is 24.2 Å². The molecule has 0 spiro atoms. The van der Waals surface area contributed by atoms with Gasteiger partial charge in [-0.15, -0.1) is 0 Å². The third-order valence-electron chi connectivity index (χ3n) is 6.54. The van der Waals surface area contributed by atoms with E-state index in [1.54, 1.807) is 49.3 Å². The molecule has 1 saturated heterocycles. The Morgan fingerprint density at radius 1 is 1.22 bits per heavy atom. The summed E-state index contributed by atoms with van der Waals surface area (Å²) in [5, 5.41) is 9.47. The Bertz CT molecular complexity index is 1060. The maximum Gasteiger partial charge on any atom is 0.247 e.